The zero-order valence-corrected chi connectivity index (χ0v) is 14.5. The Morgan fingerprint density at radius 2 is 2.17 bits per heavy atom. The van der Waals surface area contributed by atoms with E-state index in [1.807, 2.05) is 5.41 Å². The number of carbonyl (C=O) groups is 1. The zero-order valence-electron chi connectivity index (χ0n) is 12.8. The van der Waals surface area contributed by atoms with Crippen molar-refractivity contribution in [3.63, 3.8) is 0 Å². The fourth-order valence-corrected chi connectivity index (χ4v) is 5.13. The summed E-state index contributed by atoms with van der Waals surface area (Å²) in [5, 5.41) is 16.1. The third kappa shape index (κ3) is 3.28. The van der Waals surface area contributed by atoms with Gasteiger partial charge < -0.3 is 10.2 Å². The first kappa shape index (κ1) is 15.1. The van der Waals surface area contributed by atoms with Gasteiger partial charge in [0.15, 0.2) is 5.17 Å². The van der Waals surface area contributed by atoms with E-state index in [9.17, 15) is 4.79 Å². The van der Waals surface area contributed by atoms with E-state index in [0.29, 0.717) is 17.5 Å². The Morgan fingerprint density at radius 3 is 3.04 bits per heavy atom. The van der Waals surface area contributed by atoms with Crippen LogP contribution in [-0.2, 0) is 4.79 Å². The minimum absolute atomic E-state index is 0.0312. The Hall–Kier alpha value is -1.41. The molecule has 0 spiro atoms. The largest absolute Gasteiger partial charge is 0.322 e. The van der Waals surface area contributed by atoms with Crippen LogP contribution in [0.5, 0.6) is 0 Å². The number of nitrogens with zero attached hydrogens (tertiary/aromatic N) is 4. The molecule has 4 rings (SSSR count). The first-order valence-electron chi connectivity index (χ1n) is 8.10. The van der Waals surface area contributed by atoms with Gasteiger partial charge in [-0.15, -0.1) is 10.2 Å². The van der Waals surface area contributed by atoms with E-state index >= 15 is 0 Å². The molecule has 0 aromatic carbocycles. The summed E-state index contributed by atoms with van der Waals surface area (Å²) >= 11 is 3.13. The van der Waals surface area contributed by atoms with Crippen LogP contribution >= 0.6 is 23.1 Å². The highest BCUT2D eigenvalue weighted by molar-refractivity contribution is 8.16. The van der Waals surface area contributed by atoms with Crippen molar-refractivity contribution in [2.24, 2.45) is 4.99 Å². The average molecular weight is 349 g/mol. The number of aromatic nitrogens is 2. The molecule has 122 valence electrons. The van der Waals surface area contributed by atoms with Crippen LogP contribution in [0.25, 0.3) is 0 Å². The molecule has 1 saturated carbocycles. The van der Waals surface area contributed by atoms with E-state index < -0.39 is 0 Å². The lowest BCUT2D eigenvalue weighted by Gasteiger charge is -2.18. The number of hydrogen-bond acceptors (Lipinski definition) is 7. The number of amides is 1. The molecule has 0 atom stereocenters. The van der Waals surface area contributed by atoms with Gasteiger partial charge in [-0.3, -0.25) is 9.79 Å². The fraction of sp³-hybridized carbons (Fsp3) is 0.600. The van der Waals surface area contributed by atoms with Crippen LogP contribution in [0.15, 0.2) is 16.1 Å². The Labute approximate surface area is 143 Å². The van der Waals surface area contributed by atoms with Crippen LogP contribution in [0.2, 0.25) is 0 Å². The quantitative estimate of drug-likeness (QED) is 0.904. The maximum Gasteiger partial charge on any atom is 0.232 e. The summed E-state index contributed by atoms with van der Waals surface area (Å²) < 4.78 is 0. The zero-order chi connectivity index (χ0) is 15.6. The van der Waals surface area contributed by atoms with Crippen molar-refractivity contribution in [3.05, 3.63) is 16.1 Å². The number of thioether (sulfide) groups is 1. The molecule has 0 unspecified atom stereocenters. The number of rotatable bonds is 4. The highest BCUT2D eigenvalue weighted by atomic mass is 32.2. The van der Waals surface area contributed by atoms with E-state index in [2.05, 4.69) is 25.4 Å². The van der Waals surface area contributed by atoms with Crippen molar-refractivity contribution in [1.29, 1.82) is 0 Å². The summed E-state index contributed by atoms with van der Waals surface area (Å²) in [6.45, 7) is 1.70. The Balaban J connectivity index is 1.34. The second-order valence-corrected chi connectivity index (χ2v) is 7.89. The molecule has 1 amide bonds. The summed E-state index contributed by atoms with van der Waals surface area (Å²) in [6.07, 6.45) is 6.64. The van der Waals surface area contributed by atoms with Gasteiger partial charge in [0.2, 0.25) is 11.0 Å². The van der Waals surface area contributed by atoms with Gasteiger partial charge in [-0.25, -0.2) is 0 Å². The normalized spacial score (nSPS) is 21.1. The molecule has 3 aliphatic rings. The maximum absolute atomic E-state index is 12.3. The van der Waals surface area contributed by atoms with Gasteiger partial charge in [-0.1, -0.05) is 42.4 Å². The van der Waals surface area contributed by atoms with Gasteiger partial charge in [0.25, 0.3) is 0 Å². The maximum atomic E-state index is 12.3. The molecule has 6 nitrogen and oxygen atoms in total. The molecule has 1 aromatic heterocycles. The van der Waals surface area contributed by atoms with Crippen molar-refractivity contribution in [2.75, 3.05) is 18.4 Å². The first-order chi connectivity index (χ1) is 11.3. The van der Waals surface area contributed by atoms with Gasteiger partial charge >= 0.3 is 0 Å². The number of nitrogens with one attached hydrogen (secondary N) is 1. The van der Waals surface area contributed by atoms with Crippen LogP contribution in [-0.4, -0.2) is 39.3 Å². The van der Waals surface area contributed by atoms with E-state index in [1.54, 1.807) is 11.8 Å². The van der Waals surface area contributed by atoms with Crippen LogP contribution < -0.4 is 5.32 Å². The predicted octanol–water partition coefficient (Wildman–Crippen LogP) is 3.17. The van der Waals surface area contributed by atoms with Crippen molar-refractivity contribution < 1.29 is 4.79 Å². The van der Waals surface area contributed by atoms with E-state index in [4.69, 9.17) is 0 Å². The monoisotopic (exact) mass is 349 g/mol. The van der Waals surface area contributed by atoms with Crippen molar-refractivity contribution in [3.8, 4) is 0 Å². The van der Waals surface area contributed by atoms with Gasteiger partial charge in [0.05, 0.1) is 13.0 Å². The average Bonchev–Trinajstić information content (AvgIpc) is 3.27. The second kappa shape index (κ2) is 6.60. The van der Waals surface area contributed by atoms with Crippen LogP contribution in [0.1, 0.15) is 49.5 Å². The molecule has 23 heavy (non-hydrogen) atoms. The van der Waals surface area contributed by atoms with Crippen molar-refractivity contribution >= 4 is 39.3 Å². The third-order valence-electron chi connectivity index (χ3n) is 4.43. The molecule has 0 radical (unpaired) electrons. The lowest BCUT2D eigenvalue weighted by molar-refractivity contribution is -0.115. The van der Waals surface area contributed by atoms with Gasteiger partial charge in [0.1, 0.15) is 5.01 Å². The van der Waals surface area contributed by atoms with Crippen LogP contribution in [0.3, 0.4) is 0 Å². The van der Waals surface area contributed by atoms with Gasteiger partial charge in [-0.2, -0.15) is 0 Å². The highest BCUT2D eigenvalue weighted by Crippen LogP contribution is 2.35. The van der Waals surface area contributed by atoms with Crippen LogP contribution in [0.4, 0.5) is 5.13 Å². The minimum Gasteiger partial charge on any atom is -0.322 e. The molecular formula is C15H19N5OS2. The number of hydrogen-bond donors (Lipinski definition) is 1. The molecule has 1 aromatic rings. The van der Waals surface area contributed by atoms with Crippen molar-refractivity contribution in [1.82, 2.24) is 15.1 Å². The third-order valence-corrected chi connectivity index (χ3v) is 6.38. The minimum atomic E-state index is -0.0312. The number of fused-ring (bicyclic) bond motifs is 1. The number of anilines is 1. The summed E-state index contributed by atoms with van der Waals surface area (Å²) in [5.74, 6) is 0.501. The molecule has 1 fully saturated rings. The molecule has 8 heteroatoms. The second-order valence-electron chi connectivity index (χ2n) is 6.05. The fourth-order valence-electron chi connectivity index (χ4n) is 3.24. The van der Waals surface area contributed by atoms with Gasteiger partial charge in [0, 0.05) is 18.2 Å². The molecule has 1 N–H and O–H groups in total. The SMILES string of the molecule is O=C(CC1=CSC2=NCCN12)Nc1nnc(C2CCCCC2)s1. The topological polar surface area (TPSA) is 70.5 Å². The summed E-state index contributed by atoms with van der Waals surface area (Å²) in [7, 11) is 0. The van der Waals surface area contributed by atoms with Crippen molar-refractivity contribution in [2.45, 2.75) is 44.4 Å². The summed E-state index contributed by atoms with van der Waals surface area (Å²) in [6, 6.07) is 0. The van der Waals surface area contributed by atoms with E-state index in [1.165, 1.54) is 43.4 Å². The number of aliphatic imine (C=N–C) groups is 1. The summed E-state index contributed by atoms with van der Waals surface area (Å²) in [4.78, 5) is 18.8. The first-order valence-corrected chi connectivity index (χ1v) is 9.80. The Bertz CT molecular complexity index is 663. The van der Waals surface area contributed by atoms with Crippen LogP contribution in [0, 0.1) is 0 Å². The molecular weight excluding hydrogens is 330 g/mol. The van der Waals surface area contributed by atoms with E-state index in [0.717, 1.165) is 29.0 Å². The van der Waals surface area contributed by atoms with Gasteiger partial charge in [-0.05, 0) is 18.2 Å². The lowest BCUT2D eigenvalue weighted by Crippen LogP contribution is -2.24. The molecule has 1 aliphatic carbocycles. The highest BCUT2D eigenvalue weighted by Gasteiger charge is 2.27. The number of amidine groups is 1. The predicted molar refractivity (Wildman–Crippen MR) is 93.7 cm³/mol. The molecule has 3 heterocycles. The molecule has 0 bridgehead atoms. The Morgan fingerprint density at radius 1 is 1.30 bits per heavy atom. The Kier molecular flexibility index (Phi) is 4.35. The molecule has 0 saturated heterocycles. The number of carbonyl (C=O) groups excluding carboxylic acids is 1. The smallest absolute Gasteiger partial charge is 0.232 e. The lowest BCUT2D eigenvalue weighted by atomic mass is 9.90. The standard InChI is InChI=1S/C15H19N5OS2/c21-12(8-11-9-22-15-16-6-7-20(11)15)17-14-19-18-13(23-14)10-4-2-1-3-5-10/h9-10H,1-8H2,(H,17,19,21). The summed E-state index contributed by atoms with van der Waals surface area (Å²) in [5.41, 5.74) is 1.03. The molecule has 2 aliphatic heterocycles. The van der Waals surface area contributed by atoms with E-state index in [-0.39, 0.29) is 5.91 Å².